The number of nitrogens with one attached hydrogen (secondary N) is 1. The van der Waals surface area contributed by atoms with E-state index in [1.807, 2.05) is 0 Å². The van der Waals surface area contributed by atoms with Crippen LogP contribution in [0.2, 0.25) is 0 Å². The molecule has 1 aromatic rings. The number of hydrogen-bond acceptors (Lipinski definition) is 2. The first-order chi connectivity index (χ1) is 10.2. The highest BCUT2D eigenvalue weighted by Crippen LogP contribution is 2.08. The third kappa shape index (κ3) is 9.65. The zero-order valence-electron chi connectivity index (χ0n) is 14.2. The Morgan fingerprint density at radius 3 is 2.29 bits per heavy atom. The van der Waals surface area contributed by atoms with Gasteiger partial charge in [0.25, 0.3) is 0 Å². The van der Waals surface area contributed by atoms with Crippen LogP contribution in [0.4, 0.5) is 0 Å². The molecule has 0 amide bonds. The van der Waals surface area contributed by atoms with E-state index in [1.165, 1.54) is 43.2 Å². The van der Waals surface area contributed by atoms with Crippen LogP contribution in [0.15, 0.2) is 24.3 Å². The second kappa shape index (κ2) is 11.8. The summed E-state index contributed by atoms with van der Waals surface area (Å²) in [6.45, 7) is 9.30. The van der Waals surface area contributed by atoms with Crippen LogP contribution in [0.25, 0.3) is 0 Å². The number of hydrogen-bond donors (Lipinski definition) is 1. The van der Waals surface area contributed by atoms with E-state index in [2.05, 4.69) is 50.4 Å². The van der Waals surface area contributed by atoms with Crippen molar-refractivity contribution in [3.63, 3.8) is 0 Å². The van der Waals surface area contributed by atoms with Gasteiger partial charge in [-0.3, -0.25) is 0 Å². The topological polar surface area (TPSA) is 21.3 Å². The fourth-order valence-corrected chi connectivity index (χ4v) is 2.31. The van der Waals surface area contributed by atoms with Gasteiger partial charge < -0.3 is 10.1 Å². The van der Waals surface area contributed by atoms with E-state index >= 15 is 0 Å². The average molecular weight is 291 g/mol. The van der Waals surface area contributed by atoms with Gasteiger partial charge in [0, 0.05) is 12.6 Å². The minimum absolute atomic E-state index is 0.565. The summed E-state index contributed by atoms with van der Waals surface area (Å²) < 4.78 is 5.74. The molecule has 0 spiro atoms. The van der Waals surface area contributed by atoms with Crippen LogP contribution in [0.1, 0.15) is 64.0 Å². The SMILES string of the molecule is CCCCCCCOCc1ccc(CCNC(C)C)cc1. The molecule has 0 bridgehead atoms. The van der Waals surface area contributed by atoms with Gasteiger partial charge in [0.15, 0.2) is 0 Å². The lowest BCUT2D eigenvalue weighted by Gasteiger charge is -2.09. The first-order valence-corrected chi connectivity index (χ1v) is 8.61. The number of ether oxygens (including phenoxy) is 1. The third-order valence-electron chi connectivity index (χ3n) is 3.65. The van der Waals surface area contributed by atoms with E-state index in [9.17, 15) is 0 Å². The molecule has 0 aliphatic carbocycles. The molecule has 0 atom stereocenters. The molecule has 0 saturated carbocycles. The van der Waals surface area contributed by atoms with Gasteiger partial charge in [-0.15, -0.1) is 0 Å². The van der Waals surface area contributed by atoms with Crippen LogP contribution in [-0.2, 0) is 17.8 Å². The predicted molar refractivity (Wildman–Crippen MR) is 91.7 cm³/mol. The second-order valence-electron chi connectivity index (χ2n) is 6.14. The maximum absolute atomic E-state index is 5.74. The maximum atomic E-state index is 5.74. The van der Waals surface area contributed by atoms with Gasteiger partial charge in [0.2, 0.25) is 0 Å². The molecule has 0 fully saturated rings. The second-order valence-corrected chi connectivity index (χ2v) is 6.14. The zero-order valence-corrected chi connectivity index (χ0v) is 14.2. The van der Waals surface area contributed by atoms with Gasteiger partial charge in [-0.1, -0.05) is 70.7 Å². The molecule has 2 heteroatoms. The fourth-order valence-electron chi connectivity index (χ4n) is 2.31. The standard InChI is InChI=1S/C19H33NO/c1-4-5-6-7-8-15-21-16-19-11-9-18(10-12-19)13-14-20-17(2)3/h9-12,17,20H,4-8,13-16H2,1-3H3. The Morgan fingerprint density at radius 1 is 0.952 bits per heavy atom. The number of benzene rings is 1. The zero-order chi connectivity index (χ0) is 15.3. The van der Waals surface area contributed by atoms with Crippen molar-refractivity contribution in [2.75, 3.05) is 13.2 Å². The Labute approximate surface area is 131 Å². The van der Waals surface area contributed by atoms with Crippen LogP contribution in [0.3, 0.4) is 0 Å². The molecule has 0 saturated heterocycles. The highest BCUT2D eigenvalue weighted by Gasteiger charge is 1.97. The van der Waals surface area contributed by atoms with Gasteiger partial charge in [-0.05, 0) is 30.5 Å². The minimum atomic E-state index is 0.565. The Bertz CT molecular complexity index is 345. The summed E-state index contributed by atoms with van der Waals surface area (Å²) in [7, 11) is 0. The molecule has 0 radical (unpaired) electrons. The van der Waals surface area contributed by atoms with Crippen LogP contribution in [-0.4, -0.2) is 19.2 Å². The van der Waals surface area contributed by atoms with Crippen molar-refractivity contribution in [2.24, 2.45) is 0 Å². The van der Waals surface area contributed by atoms with Crippen molar-refractivity contribution >= 4 is 0 Å². The van der Waals surface area contributed by atoms with Crippen LogP contribution < -0.4 is 5.32 Å². The maximum Gasteiger partial charge on any atom is 0.0716 e. The summed E-state index contributed by atoms with van der Waals surface area (Å²) in [5, 5.41) is 3.45. The fraction of sp³-hybridized carbons (Fsp3) is 0.684. The quantitative estimate of drug-likeness (QED) is 0.563. The lowest BCUT2D eigenvalue weighted by atomic mass is 10.1. The van der Waals surface area contributed by atoms with Crippen molar-refractivity contribution in [2.45, 2.75) is 71.9 Å². The van der Waals surface area contributed by atoms with E-state index in [1.54, 1.807) is 0 Å². The molecule has 0 heterocycles. The minimum Gasteiger partial charge on any atom is -0.377 e. The van der Waals surface area contributed by atoms with Gasteiger partial charge in [0.05, 0.1) is 6.61 Å². The largest absolute Gasteiger partial charge is 0.377 e. The summed E-state index contributed by atoms with van der Waals surface area (Å²) in [6, 6.07) is 9.41. The molecule has 1 N–H and O–H groups in total. The molecule has 0 aromatic heterocycles. The molecule has 0 unspecified atom stereocenters. The molecular weight excluding hydrogens is 258 g/mol. The third-order valence-corrected chi connectivity index (χ3v) is 3.65. The molecular formula is C19H33NO. The summed E-state index contributed by atoms with van der Waals surface area (Å²) >= 11 is 0. The molecule has 1 aromatic carbocycles. The van der Waals surface area contributed by atoms with E-state index in [4.69, 9.17) is 4.74 Å². The molecule has 21 heavy (non-hydrogen) atoms. The predicted octanol–water partition coefficient (Wildman–Crippen LogP) is 4.71. The van der Waals surface area contributed by atoms with Crippen molar-refractivity contribution in [1.29, 1.82) is 0 Å². The van der Waals surface area contributed by atoms with Crippen molar-refractivity contribution in [3.05, 3.63) is 35.4 Å². The Balaban J connectivity index is 2.10. The van der Waals surface area contributed by atoms with Crippen LogP contribution in [0, 0.1) is 0 Å². The number of rotatable bonds is 12. The summed E-state index contributed by atoms with van der Waals surface area (Å²) in [5.41, 5.74) is 2.68. The van der Waals surface area contributed by atoms with Gasteiger partial charge in [-0.2, -0.15) is 0 Å². The highest BCUT2D eigenvalue weighted by atomic mass is 16.5. The van der Waals surface area contributed by atoms with E-state index in [0.717, 1.165) is 26.2 Å². The van der Waals surface area contributed by atoms with Crippen LogP contribution in [0.5, 0.6) is 0 Å². The molecule has 1 rings (SSSR count). The molecule has 120 valence electrons. The normalized spacial score (nSPS) is 11.2. The van der Waals surface area contributed by atoms with Crippen LogP contribution >= 0.6 is 0 Å². The first kappa shape index (κ1) is 18.2. The molecule has 0 aliphatic heterocycles. The van der Waals surface area contributed by atoms with E-state index in [-0.39, 0.29) is 0 Å². The van der Waals surface area contributed by atoms with Crippen molar-refractivity contribution in [1.82, 2.24) is 5.32 Å². The lowest BCUT2D eigenvalue weighted by molar-refractivity contribution is 0.116. The Hall–Kier alpha value is -0.860. The summed E-state index contributed by atoms with van der Waals surface area (Å²) in [4.78, 5) is 0. The average Bonchev–Trinajstić information content (AvgIpc) is 2.47. The summed E-state index contributed by atoms with van der Waals surface area (Å²) in [6.07, 6.45) is 7.59. The van der Waals surface area contributed by atoms with E-state index in [0.29, 0.717) is 6.04 Å². The summed E-state index contributed by atoms with van der Waals surface area (Å²) in [5.74, 6) is 0. The van der Waals surface area contributed by atoms with Crippen molar-refractivity contribution in [3.8, 4) is 0 Å². The monoisotopic (exact) mass is 291 g/mol. The van der Waals surface area contributed by atoms with E-state index < -0.39 is 0 Å². The van der Waals surface area contributed by atoms with Crippen molar-refractivity contribution < 1.29 is 4.74 Å². The van der Waals surface area contributed by atoms with Gasteiger partial charge >= 0.3 is 0 Å². The van der Waals surface area contributed by atoms with Gasteiger partial charge in [-0.25, -0.2) is 0 Å². The van der Waals surface area contributed by atoms with Gasteiger partial charge in [0.1, 0.15) is 0 Å². The Kier molecular flexibility index (Phi) is 10.2. The lowest BCUT2D eigenvalue weighted by Crippen LogP contribution is -2.24. The smallest absolute Gasteiger partial charge is 0.0716 e. The Morgan fingerprint density at radius 2 is 1.62 bits per heavy atom. The molecule has 2 nitrogen and oxygen atoms in total. The first-order valence-electron chi connectivity index (χ1n) is 8.61. The molecule has 0 aliphatic rings. The highest BCUT2D eigenvalue weighted by molar-refractivity contribution is 5.22. The number of unbranched alkanes of at least 4 members (excludes halogenated alkanes) is 4.